The molecule has 2 aromatic carbocycles. The van der Waals surface area contributed by atoms with E-state index in [2.05, 4.69) is 4.37 Å². The van der Waals surface area contributed by atoms with Crippen LogP contribution in [0.3, 0.4) is 0 Å². The maximum Gasteiger partial charge on any atom is 0.431 e. The van der Waals surface area contributed by atoms with Crippen molar-refractivity contribution < 1.29 is 26.4 Å². The van der Waals surface area contributed by atoms with E-state index >= 15 is 0 Å². The SMILES string of the molecule is Cn1c(C(F)(F)F)cc(=O)n(-c2ccc3snc(C(=O)NS(=O)(=O)Cc4ccc(C(C)(C)C)cc4)c3c2)c1=O. The summed E-state index contributed by atoms with van der Waals surface area (Å²) in [5, 5.41) is 0.119. The minimum absolute atomic E-state index is 0.113. The van der Waals surface area contributed by atoms with Crippen LogP contribution in [0.4, 0.5) is 13.2 Å². The number of nitrogens with one attached hydrogen (secondary N) is 1. The highest BCUT2D eigenvalue weighted by atomic mass is 32.2. The van der Waals surface area contributed by atoms with Crippen LogP contribution in [0.25, 0.3) is 15.8 Å². The summed E-state index contributed by atoms with van der Waals surface area (Å²) < 4.78 is 72.2. The van der Waals surface area contributed by atoms with Gasteiger partial charge in [0.1, 0.15) is 5.69 Å². The molecule has 39 heavy (non-hydrogen) atoms. The molecule has 0 aliphatic heterocycles. The summed E-state index contributed by atoms with van der Waals surface area (Å²) in [5.41, 5.74) is -2.91. The number of fused-ring (bicyclic) bond motifs is 1. The van der Waals surface area contributed by atoms with E-state index < -0.39 is 44.8 Å². The Balaban J connectivity index is 1.65. The van der Waals surface area contributed by atoms with Crippen LogP contribution in [0.1, 0.15) is 48.1 Å². The Kier molecular flexibility index (Phi) is 7.06. The number of hydrogen-bond acceptors (Lipinski definition) is 7. The molecule has 2 heterocycles. The summed E-state index contributed by atoms with van der Waals surface area (Å²) >= 11 is 0.872. The fourth-order valence-electron chi connectivity index (χ4n) is 3.91. The summed E-state index contributed by atoms with van der Waals surface area (Å²) in [6.07, 6.45) is -4.92. The fraction of sp³-hybridized carbons (Fsp3) is 0.280. The van der Waals surface area contributed by atoms with Crippen LogP contribution >= 0.6 is 11.5 Å². The smallest absolute Gasteiger partial charge is 0.292 e. The van der Waals surface area contributed by atoms with Crippen molar-refractivity contribution in [2.45, 2.75) is 38.1 Å². The third-order valence-electron chi connectivity index (χ3n) is 5.96. The number of rotatable bonds is 5. The highest BCUT2D eigenvalue weighted by Gasteiger charge is 2.35. The molecular formula is C25H23F3N4O5S2. The average molecular weight is 581 g/mol. The molecule has 4 rings (SSSR count). The van der Waals surface area contributed by atoms with Gasteiger partial charge < -0.3 is 0 Å². The molecule has 4 aromatic rings. The zero-order valence-electron chi connectivity index (χ0n) is 21.2. The quantitative estimate of drug-likeness (QED) is 0.384. The van der Waals surface area contributed by atoms with Gasteiger partial charge in [0.25, 0.3) is 11.5 Å². The van der Waals surface area contributed by atoms with Crippen molar-refractivity contribution in [1.82, 2.24) is 18.2 Å². The summed E-state index contributed by atoms with van der Waals surface area (Å²) in [4.78, 5) is 38.0. The highest BCUT2D eigenvalue weighted by molar-refractivity contribution is 7.89. The Labute approximate surface area is 224 Å². The Morgan fingerprint density at radius 3 is 2.26 bits per heavy atom. The molecule has 0 radical (unpaired) electrons. The molecule has 0 aliphatic carbocycles. The summed E-state index contributed by atoms with van der Waals surface area (Å²) in [6, 6.07) is 11.2. The molecule has 1 amide bonds. The lowest BCUT2D eigenvalue weighted by Crippen LogP contribution is -2.40. The van der Waals surface area contributed by atoms with E-state index in [9.17, 15) is 36.0 Å². The molecule has 14 heteroatoms. The van der Waals surface area contributed by atoms with Crippen LogP contribution in [0.15, 0.2) is 58.1 Å². The monoisotopic (exact) mass is 580 g/mol. The third-order valence-corrected chi connectivity index (χ3v) is 8.00. The molecule has 0 bridgehead atoms. The fourth-order valence-corrected chi connectivity index (χ4v) is 5.75. The normalized spacial score (nSPS) is 12.6. The molecule has 9 nitrogen and oxygen atoms in total. The largest absolute Gasteiger partial charge is 0.431 e. The maximum atomic E-state index is 13.2. The molecule has 0 spiro atoms. The Hall–Kier alpha value is -3.78. The van der Waals surface area contributed by atoms with Crippen molar-refractivity contribution in [3.05, 3.63) is 91.9 Å². The van der Waals surface area contributed by atoms with E-state index in [4.69, 9.17) is 0 Å². The van der Waals surface area contributed by atoms with Crippen molar-refractivity contribution in [2.75, 3.05) is 0 Å². The first-order chi connectivity index (χ1) is 18.0. The number of carbonyl (C=O) groups is 1. The predicted octanol–water partition coefficient (Wildman–Crippen LogP) is 3.72. The number of alkyl halides is 3. The number of aromatic nitrogens is 3. The van der Waals surface area contributed by atoms with Crippen LogP contribution in [0.2, 0.25) is 0 Å². The van der Waals surface area contributed by atoms with Gasteiger partial charge in [0.05, 0.1) is 16.1 Å². The Bertz CT molecular complexity index is 1810. The van der Waals surface area contributed by atoms with Gasteiger partial charge in [0.2, 0.25) is 10.0 Å². The van der Waals surface area contributed by atoms with E-state index in [1.165, 1.54) is 18.2 Å². The lowest BCUT2D eigenvalue weighted by molar-refractivity contribution is -0.144. The lowest BCUT2D eigenvalue weighted by Gasteiger charge is -2.19. The standard InChI is InChI=1S/C25H23F3N4O5S2/c1-24(2,3)15-7-5-14(6-8-15)13-39(36,37)30-22(34)21-17-11-16(9-10-18(17)38-29-21)32-20(33)12-19(25(26,27)28)31(4)23(32)35/h5-12H,13H2,1-4H3,(H,30,34). The van der Waals surface area contributed by atoms with Crippen molar-refractivity contribution in [1.29, 1.82) is 0 Å². The molecule has 0 saturated carbocycles. The molecule has 2 aromatic heterocycles. The molecule has 0 fully saturated rings. The molecule has 0 atom stereocenters. The molecule has 206 valence electrons. The van der Waals surface area contributed by atoms with Crippen molar-refractivity contribution in [2.24, 2.45) is 7.05 Å². The summed E-state index contributed by atoms with van der Waals surface area (Å²) in [6.45, 7) is 6.07. The second-order valence-corrected chi connectivity index (χ2v) is 12.4. The molecule has 1 N–H and O–H groups in total. The lowest BCUT2D eigenvalue weighted by atomic mass is 9.87. The zero-order chi connectivity index (χ0) is 28.9. The summed E-state index contributed by atoms with van der Waals surface area (Å²) in [5.74, 6) is -1.50. The second kappa shape index (κ2) is 9.75. The second-order valence-electron chi connectivity index (χ2n) is 9.89. The predicted molar refractivity (Wildman–Crippen MR) is 141 cm³/mol. The molecular weight excluding hydrogens is 557 g/mol. The first kappa shape index (κ1) is 28.2. The number of hydrogen-bond donors (Lipinski definition) is 1. The molecule has 0 saturated heterocycles. The zero-order valence-corrected chi connectivity index (χ0v) is 22.8. The van der Waals surface area contributed by atoms with E-state index in [1.54, 1.807) is 12.1 Å². The van der Waals surface area contributed by atoms with Gasteiger partial charge in [-0.3, -0.25) is 14.2 Å². The van der Waals surface area contributed by atoms with Crippen LogP contribution in [0.5, 0.6) is 0 Å². The van der Waals surface area contributed by atoms with Gasteiger partial charge in [-0.2, -0.15) is 17.5 Å². The van der Waals surface area contributed by atoms with Gasteiger partial charge in [-0.05, 0) is 46.3 Å². The first-order valence-electron chi connectivity index (χ1n) is 11.4. The van der Waals surface area contributed by atoms with Gasteiger partial charge in [0.15, 0.2) is 5.69 Å². The van der Waals surface area contributed by atoms with Gasteiger partial charge in [-0.15, -0.1) is 0 Å². The van der Waals surface area contributed by atoms with Crippen molar-refractivity contribution in [3.8, 4) is 5.69 Å². The van der Waals surface area contributed by atoms with Gasteiger partial charge in [0, 0.05) is 18.5 Å². The number of amides is 1. The third kappa shape index (κ3) is 5.81. The minimum Gasteiger partial charge on any atom is -0.292 e. The summed E-state index contributed by atoms with van der Waals surface area (Å²) in [7, 11) is -3.25. The number of carbonyl (C=O) groups excluding carboxylic acids is 1. The van der Waals surface area contributed by atoms with E-state index in [1.807, 2.05) is 37.6 Å². The van der Waals surface area contributed by atoms with Crippen LogP contribution in [0, 0.1) is 0 Å². The Morgan fingerprint density at radius 2 is 1.67 bits per heavy atom. The van der Waals surface area contributed by atoms with Gasteiger partial charge in [-0.1, -0.05) is 45.0 Å². The van der Waals surface area contributed by atoms with Gasteiger partial charge >= 0.3 is 11.9 Å². The minimum atomic E-state index is -4.92. The Morgan fingerprint density at radius 1 is 1.03 bits per heavy atom. The number of sulfonamides is 1. The topological polar surface area (TPSA) is 120 Å². The number of benzene rings is 2. The van der Waals surface area contributed by atoms with E-state index in [-0.39, 0.29) is 22.2 Å². The number of nitrogens with zero attached hydrogens (tertiary/aromatic N) is 3. The van der Waals surface area contributed by atoms with E-state index in [0.29, 0.717) is 25.5 Å². The van der Waals surface area contributed by atoms with E-state index in [0.717, 1.165) is 24.1 Å². The van der Waals surface area contributed by atoms with Crippen molar-refractivity contribution in [3.63, 3.8) is 0 Å². The van der Waals surface area contributed by atoms with Crippen LogP contribution < -0.4 is 16.0 Å². The van der Waals surface area contributed by atoms with Gasteiger partial charge in [-0.25, -0.2) is 22.5 Å². The van der Waals surface area contributed by atoms with Crippen LogP contribution in [-0.2, 0) is 34.4 Å². The van der Waals surface area contributed by atoms with Crippen LogP contribution in [-0.4, -0.2) is 27.8 Å². The average Bonchev–Trinajstić information content (AvgIpc) is 3.23. The maximum absolute atomic E-state index is 13.2. The highest BCUT2D eigenvalue weighted by Crippen LogP contribution is 2.28. The van der Waals surface area contributed by atoms with Crippen molar-refractivity contribution >= 4 is 37.5 Å². The molecule has 0 aliphatic rings. The molecule has 0 unspecified atom stereocenters. The number of halogens is 3. The first-order valence-corrected chi connectivity index (χ1v) is 13.8.